The molecule has 1 aromatic heterocycles. The molecule has 1 amide bonds. The van der Waals surface area contributed by atoms with Crippen molar-refractivity contribution in [1.82, 2.24) is 9.88 Å². The predicted octanol–water partition coefficient (Wildman–Crippen LogP) is 3.42. The van der Waals surface area contributed by atoms with E-state index in [0.717, 1.165) is 17.7 Å². The van der Waals surface area contributed by atoms with E-state index in [0.29, 0.717) is 13.0 Å². The van der Waals surface area contributed by atoms with Gasteiger partial charge in [0.25, 0.3) is 5.91 Å². The summed E-state index contributed by atoms with van der Waals surface area (Å²) in [6, 6.07) is 7.96. The van der Waals surface area contributed by atoms with Gasteiger partial charge >= 0.3 is 6.18 Å². The summed E-state index contributed by atoms with van der Waals surface area (Å²) in [6.45, 7) is 0.476. The van der Waals surface area contributed by atoms with Crippen LogP contribution in [0, 0.1) is 0 Å². The number of hydrogen-bond donors (Lipinski definition) is 0. The van der Waals surface area contributed by atoms with Crippen molar-refractivity contribution in [3.63, 3.8) is 0 Å². The molecule has 0 bridgehead atoms. The minimum Gasteiger partial charge on any atom is -0.341 e. The number of carbonyl (C=O) groups is 1. The van der Waals surface area contributed by atoms with Gasteiger partial charge in [0.1, 0.15) is 0 Å². The van der Waals surface area contributed by atoms with E-state index in [1.807, 2.05) is 12.1 Å². The Morgan fingerprint density at radius 3 is 2.23 bits per heavy atom. The summed E-state index contributed by atoms with van der Waals surface area (Å²) in [4.78, 5) is 17.6. The molecule has 1 heterocycles. The largest absolute Gasteiger partial charge is 0.416 e. The average Bonchev–Trinajstić information content (AvgIpc) is 2.52. The molecule has 6 heteroatoms. The number of carbonyl (C=O) groups excluding carboxylic acids is 1. The van der Waals surface area contributed by atoms with Crippen LogP contribution in [0.2, 0.25) is 0 Å². The van der Waals surface area contributed by atoms with E-state index in [9.17, 15) is 18.0 Å². The van der Waals surface area contributed by atoms with Crippen LogP contribution in [-0.4, -0.2) is 29.4 Å². The van der Waals surface area contributed by atoms with Crippen molar-refractivity contribution in [3.8, 4) is 0 Å². The molecule has 0 spiro atoms. The van der Waals surface area contributed by atoms with E-state index in [4.69, 9.17) is 0 Å². The van der Waals surface area contributed by atoms with Crippen LogP contribution in [0.4, 0.5) is 13.2 Å². The summed E-state index contributed by atoms with van der Waals surface area (Å²) in [5.41, 5.74) is 0.524. The molecule has 116 valence electrons. The van der Waals surface area contributed by atoms with E-state index in [-0.39, 0.29) is 11.5 Å². The number of nitrogens with zero attached hydrogens (tertiary/aromatic N) is 2. The lowest BCUT2D eigenvalue weighted by atomic mass is 10.1. The summed E-state index contributed by atoms with van der Waals surface area (Å²) >= 11 is 0. The van der Waals surface area contributed by atoms with E-state index >= 15 is 0 Å². The maximum absolute atomic E-state index is 12.5. The minimum absolute atomic E-state index is 0.241. The Morgan fingerprint density at radius 2 is 1.68 bits per heavy atom. The fraction of sp³-hybridized carbons (Fsp3) is 0.250. The van der Waals surface area contributed by atoms with E-state index in [2.05, 4.69) is 4.98 Å². The Bertz CT molecular complexity index is 624. The van der Waals surface area contributed by atoms with Crippen LogP contribution >= 0.6 is 0 Å². The summed E-state index contributed by atoms with van der Waals surface area (Å²) in [6.07, 6.45) is -0.389. The number of benzene rings is 1. The van der Waals surface area contributed by atoms with Gasteiger partial charge in [0.05, 0.1) is 5.56 Å². The number of amides is 1. The number of likely N-dealkylation sites (N-methyl/N-ethyl adjacent to an activating group) is 1. The van der Waals surface area contributed by atoms with Crippen LogP contribution < -0.4 is 0 Å². The first-order valence-electron chi connectivity index (χ1n) is 6.69. The lowest BCUT2D eigenvalue weighted by molar-refractivity contribution is -0.137. The predicted molar refractivity (Wildman–Crippen MR) is 76.3 cm³/mol. The standard InChI is InChI=1S/C16H15F3N2O/c1-21(11-8-12-6-9-20-10-7-12)15(22)13-2-4-14(5-3-13)16(17,18)19/h2-7,9-10H,8,11H2,1H3. The fourth-order valence-electron chi connectivity index (χ4n) is 1.97. The zero-order valence-corrected chi connectivity index (χ0v) is 12.0. The number of halogens is 3. The van der Waals surface area contributed by atoms with Crippen LogP contribution in [0.25, 0.3) is 0 Å². The first kappa shape index (κ1) is 16.0. The highest BCUT2D eigenvalue weighted by Crippen LogP contribution is 2.29. The Morgan fingerprint density at radius 1 is 1.09 bits per heavy atom. The van der Waals surface area contributed by atoms with Crippen molar-refractivity contribution in [3.05, 3.63) is 65.5 Å². The highest BCUT2D eigenvalue weighted by atomic mass is 19.4. The highest BCUT2D eigenvalue weighted by Gasteiger charge is 2.30. The second-order valence-corrected chi connectivity index (χ2v) is 4.91. The number of aromatic nitrogens is 1. The van der Waals surface area contributed by atoms with Crippen LogP contribution in [0.1, 0.15) is 21.5 Å². The Hall–Kier alpha value is -2.37. The minimum atomic E-state index is -4.39. The van der Waals surface area contributed by atoms with Crippen LogP contribution in [0.15, 0.2) is 48.8 Å². The molecule has 3 nitrogen and oxygen atoms in total. The molecule has 0 radical (unpaired) electrons. The van der Waals surface area contributed by atoms with Gasteiger partial charge in [-0.3, -0.25) is 9.78 Å². The molecule has 0 aliphatic heterocycles. The number of pyridine rings is 1. The molecule has 1 aromatic carbocycles. The maximum atomic E-state index is 12.5. The Kier molecular flexibility index (Phi) is 4.80. The van der Waals surface area contributed by atoms with Gasteiger partial charge in [0.15, 0.2) is 0 Å². The number of rotatable bonds is 4. The maximum Gasteiger partial charge on any atom is 0.416 e. The van der Waals surface area contributed by atoms with Gasteiger partial charge in [-0.2, -0.15) is 13.2 Å². The summed E-state index contributed by atoms with van der Waals surface area (Å²) in [5, 5.41) is 0. The van der Waals surface area contributed by atoms with Crippen molar-refractivity contribution in [2.75, 3.05) is 13.6 Å². The Balaban J connectivity index is 1.98. The topological polar surface area (TPSA) is 33.2 Å². The van der Waals surface area contributed by atoms with Crippen molar-refractivity contribution in [1.29, 1.82) is 0 Å². The third-order valence-electron chi connectivity index (χ3n) is 3.29. The lowest BCUT2D eigenvalue weighted by Gasteiger charge is -2.17. The highest BCUT2D eigenvalue weighted by molar-refractivity contribution is 5.94. The second kappa shape index (κ2) is 6.60. The molecule has 0 fully saturated rings. The van der Waals surface area contributed by atoms with Gasteiger partial charge in [0.2, 0.25) is 0 Å². The molecule has 0 aliphatic carbocycles. The molecule has 22 heavy (non-hydrogen) atoms. The molecular weight excluding hydrogens is 293 g/mol. The molecule has 2 aromatic rings. The van der Waals surface area contributed by atoms with E-state index in [1.54, 1.807) is 19.4 Å². The lowest BCUT2D eigenvalue weighted by Crippen LogP contribution is -2.28. The van der Waals surface area contributed by atoms with Crippen LogP contribution in [-0.2, 0) is 12.6 Å². The first-order chi connectivity index (χ1) is 10.4. The van der Waals surface area contributed by atoms with Gasteiger partial charge < -0.3 is 4.90 Å². The zero-order chi connectivity index (χ0) is 16.2. The van der Waals surface area contributed by atoms with Gasteiger partial charge in [-0.25, -0.2) is 0 Å². The zero-order valence-electron chi connectivity index (χ0n) is 12.0. The summed E-state index contributed by atoms with van der Waals surface area (Å²) in [5.74, 6) is -0.303. The SMILES string of the molecule is CN(CCc1ccncc1)C(=O)c1ccc(C(F)(F)F)cc1. The normalized spacial score (nSPS) is 11.3. The Labute approximate surface area is 126 Å². The number of hydrogen-bond acceptors (Lipinski definition) is 2. The molecule has 0 N–H and O–H groups in total. The van der Waals surface area contributed by atoms with Gasteiger partial charge in [-0.05, 0) is 48.4 Å². The van der Waals surface area contributed by atoms with Gasteiger partial charge in [0, 0.05) is 31.5 Å². The third-order valence-corrected chi connectivity index (χ3v) is 3.29. The van der Waals surface area contributed by atoms with E-state index < -0.39 is 11.7 Å². The molecule has 0 saturated carbocycles. The molecule has 0 saturated heterocycles. The molecular formula is C16H15F3N2O. The fourth-order valence-corrected chi connectivity index (χ4v) is 1.97. The van der Waals surface area contributed by atoms with Crippen molar-refractivity contribution < 1.29 is 18.0 Å². The van der Waals surface area contributed by atoms with Crippen LogP contribution in [0.3, 0.4) is 0 Å². The van der Waals surface area contributed by atoms with Gasteiger partial charge in [-0.15, -0.1) is 0 Å². The van der Waals surface area contributed by atoms with Crippen molar-refractivity contribution in [2.45, 2.75) is 12.6 Å². The quantitative estimate of drug-likeness (QED) is 0.867. The smallest absolute Gasteiger partial charge is 0.341 e. The van der Waals surface area contributed by atoms with Crippen molar-refractivity contribution in [2.24, 2.45) is 0 Å². The second-order valence-electron chi connectivity index (χ2n) is 4.91. The van der Waals surface area contributed by atoms with E-state index in [1.165, 1.54) is 17.0 Å². The van der Waals surface area contributed by atoms with Gasteiger partial charge in [-0.1, -0.05) is 0 Å². The number of alkyl halides is 3. The molecule has 0 aliphatic rings. The van der Waals surface area contributed by atoms with Crippen molar-refractivity contribution >= 4 is 5.91 Å². The summed E-state index contributed by atoms with van der Waals surface area (Å²) < 4.78 is 37.5. The molecule has 0 unspecified atom stereocenters. The van der Waals surface area contributed by atoms with Crippen LogP contribution in [0.5, 0.6) is 0 Å². The summed E-state index contributed by atoms with van der Waals surface area (Å²) in [7, 11) is 1.63. The average molecular weight is 308 g/mol. The monoisotopic (exact) mass is 308 g/mol. The third kappa shape index (κ3) is 4.07. The molecule has 2 rings (SSSR count). The first-order valence-corrected chi connectivity index (χ1v) is 6.69. The molecule has 0 atom stereocenters.